The molecule has 0 spiro atoms. The Balaban J connectivity index is 2.02. The van der Waals surface area contributed by atoms with Crippen LogP contribution in [0.1, 0.15) is 5.56 Å². The summed E-state index contributed by atoms with van der Waals surface area (Å²) in [5.74, 6) is 0.806. The quantitative estimate of drug-likeness (QED) is 0.681. The summed E-state index contributed by atoms with van der Waals surface area (Å²) in [5.41, 5.74) is 10.3. The van der Waals surface area contributed by atoms with Crippen LogP contribution in [0.3, 0.4) is 0 Å². The molecular weight excluding hydrogens is 266 g/mol. The van der Waals surface area contributed by atoms with E-state index in [-0.39, 0.29) is 5.95 Å². The number of nitrogens with zero attached hydrogens (tertiary/aromatic N) is 4. The molecule has 0 saturated heterocycles. The highest BCUT2D eigenvalue weighted by Gasteiger charge is 2.10. The Morgan fingerprint density at radius 1 is 1.24 bits per heavy atom. The number of hydrogen-bond acceptors (Lipinski definition) is 6. The van der Waals surface area contributed by atoms with Crippen molar-refractivity contribution >= 4 is 34.3 Å². The van der Waals surface area contributed by atoms with E-state index in [1.807, 2.05) is 20.2 Å². The maximum atomic E-state index is 5.72. The number of imidazole rings is 1. The number of aromatic amines is 1. The predicted octanol–water partition coefficient (Wildman–Crippen LogP) is 2.05. The Morgan fingerprint density at radius 2 is 2.05 bits per heavy atom. The molecule has 4 N–H and O–H groups in total. The van der Waals surface area contributed by atoms with E-state index in [1.165, 1.54) is 5.56 Å². The van der Waals surface area contributed by atoms with Crippen LogP contribution in [-0.2, 0) is 0 Å². The Labute approximate surface area is 122 Å². The second kappa shape index (κ2) is 4.93. The van der Waals surface area contributed by atoms with E-state index in [4.69, 9.17) is 5.73 Å². The molecule has 0 unspecified atom stereocenters. The highest BCUT2D eigenvalue weighted by Crippen LogP contribution is 2.26. The van der Waals surface area contributed by atoms with E-state index >= 15 is 0 Å². The molecule has 0 aliphatic carbocycles. The molecule has 0 radical (unpaired) electrons. The summed E-state index contributed by atoms with van der Waals surface area (Å²) < 4.78 is 0. The van der Waals surface area contributed by atoms with Gasteiger partial charge >= 0.3 is 0 Å². The largest absolute Gasteiger partial charge is 0.377 e. The van der Waals surface area contributed by atoms with E-state index in [0.717, 1.165) is 16.9 Å². The van der Waals surface area contributed by atoms with Crippen molar-refractivity contribution in [2.45, 2.75) is 6.92 Å². The van der Waals surface area contributed by atoms with Gasteiger partial charge in [0.15, 0.2) is 11.5 Å². The minimum absolute atomic E-state index is 0.192. The average molecular weight is 283 g/mol. The van der Waals surface area contributed by atoms with Crippen molar-refractivity contribution in [3.05, 3.63) is 30.1 Å². The maximum absolute atomic E-state index is 5.72. The van der Waals surface area contributed by atoms with E-state index in [2.05, 4.69) is 49.2 Å². The maximum Gasteiger partial charge on any atom is 0.224 e. The SMILES string of the molecule is Cc1ccc(Nc2nc(N)nc3nc[nH]c23)cc1N(C)C. The zero-order valence-corrected chi connectivity index (χ0v) is 12.2. The highest BCUT2D eigenvalue weighted by atomic mass is 15.1. The summed E-state index contributed by atoms with van der Waals surface area (Å²) in [6, 6.07) is 6.13. The Kier molecular flexibility index (Phi) is 3.09. The summed E-state index contributed by atoms with van der Waals surface area (Å²) in [6.07, 6.45) is 1.57. The number of nitrogens with two attached hydrogens (primary N) is 1. The zero-order chi connectivity index (χ0) is 15.0. The summed E-state index contributed by atoms with van der Waals surface area (Å²) in [4.78, 5) is 17.5. The van der Waals surface area contributed by atoms with E-state index < -0.39 is 0 Å². The smallest absolute Gasteiger partial charge is 0.224 e. The number of hydrogen-bond donors (Lipinski definition) is 3. The lowest BCUT2D eigenvalue weighted by Gasteiger charge is -2.17. The van der Waals surface area contributed by atoms with Gasteiger partial charge < -0.3 is 20.9 Å². The number of aryl methyl sites for hydroxylation is 1. The molecule has 1 aromatic carbocycles. The molecule has 3 aromatic rings. The molecule has 7 heteroatoms. The van der Waals surface area contributed by atoms with E-state index in [1.54, 1.807) is 6.33 Å². The van der Waals surface area contributed by atoms with Crippen LogP contribution in [0, 0.1) is 6.92 Å². The van der Waals surface area contributed by atoms with Crippen LogP contribution in [-0.4, -0.2) is 34.0 Å². The molecule has 0 fully saturated rings. The van der Waals surface area contributed by atoms with E-state index in [9.17, 15) is 0 Å². The minimum atomic E-state index is 0.192. The second-order valence-corrected chi connectivity index (χ2v) is 5.05. The lowest BCUT2D eigenvalue weighted by molar-refractivity contribution is 1.11. The molecule has 3 rings (SSSR count). The van der Waals surface area contributed by atoms with Gasteiger partial charge in [-0.3, -0.25) is 0 Å². The second-order valence-electron chi connectivity index (χ2n) is 5.05. The fraction of sp³-hybridized carbons (Fsp3) is 0.214. The van der Waals surface area contributed by atoms with Gasteiger partial charge in [0.1, 0.15) is 5.52 Å². The third kappa shape index (κ3) is 2.45. The average Bonchev–Trinajstić information content (AvgIpc) is 2.88. The third-order valence-electron chi connectivity index (χ3n) is 3.26. The molecule has 0 bridgehead atoms. The molecule has 2 aromatic heterocycles. The van der Waals surface area contributed by atoms with Gasteiger partial charge in [0.25, 0.3) is 0 Å². The van der Waals surface area contributed by atoms with Crippen molar-refractivity contribution in [2.24, 2.45) is 0 Å². The topological polar surface area (TPSA) is 95.7 Å². The van der Waals surface area contributed by atoms with Crippen LogP contribution in [0.25, 0.3) is 11.2 Å². The molecule has 2 heterocycles. The first-order valence-electron chi connectivity index (χ1n) is 6.56. The molecular formula is C14H17N7. The number of anilines is 4. The van der Waals surface area contributed by atoms with E-state index in [0.29, 0.717) is 11.5 Å². The van der Waals surface area contributed by atoms with Crippen LogP contribution >= 0.6 is 0 Å². The normalized spacial score (nSPS) is 10.8. The monoisotopic (exact) mass is 283 g/mol. The lowest BCUT2D eigenvalue weighted by atomic mass is 10.1. The van der Waals surface area contributed by atoms with Crippen LogP contribution in [0.5, 0.6) is 0 Å². The fourth-order valence-corrected chi connectivity index (χ4v) is 2.25. The fourth-order valence-electron chi connectivity index (χ4n) is 2.25. The first kappa shape index (κ1) is 13.2. The van der Waals surface area contributed by atoms with Crippen molar-refractivity contribution in [2.75, 3.05) is 30.0 Å². The number of H-pyrrole nitrogens is 1. The van der Waals surface area contributed by atoms with Crippen LogP contribution < -0.4 is 16.0 Å². The minimum Gasteiger partial charge on any atom is -0.377 e. The number of aromatic nitrogens is 4. The summed E-state index contributed by atoms with van der Waals surface area (Å²) in [5, 5.41) is 3.27. The predicted molar refractivity (Wildman–Crippen MR) is 84.9 cm³/mol. The highest BCUT2D eigenvalue weighted by molar-refractivity contribution is 5.86. The van der Waals surface area contributed by atoms with Gasteiger partial charge in [0.2, 0.25) is 5.95 Å². The summed E-state index contributed by atoms with van der Waals surface area (Å²) >= 11 is 0. The molecule has 108 valence electrons. The molecule has 0 aliphatic heterocycles. The number of fused-ring (bicyclic) bond motifs is 1. The Morgan fingerprint density at radius 3 is 2.81 bits per heavy atom. The number of benzene rings is 1. The third-order valence-corrected chi connectivity index (χ3v) is 3.26. The van der Waals surface area contributed by atoms with Gasteiger partial charge in [-0.15, -0.1) is 0 Å². The zero-order valence-electron chi connectivity index (χ0n) is 12.2. The van der Waals surface area contributed by atoms with Gasteiger partial charge in [-0.1, -0.05) is 6.07 Å². The van der Waals surface area contributed by atoms with Gasteiger partial charge in [-0.2, -0.15) is 9.97 Å². The number of nitrogens with one attached hydrogen (secondary N) is 2. The molecule has 0 amide bonds. The van der Waals surface area contributed by atoms with Crippen molar-refractivity contribution in [3.8, 4) is 0 Å². The Hall–Kier alpha value is -2.83. The standard InChI is InChI=1S/C14H17N7/c1-8-4-5-9(6-10(8)21(2)3)18-13-11-12(17-7-16-11)19-14(15)20-13/h4-7H,1-3H3,(H4,15,16,17,18,19,20). The first-order chi connectivity index (χ1) is 10.0. The van der Waals surface area contributed by atoms with Crippen molar-refractivity contribution < 1.29 is 0 Å². The molecule has 7 nitrogen and oxygen atoms in total. The van der Waals surface area contributed by atoms with Crippen LogP contribution in [0.4, 0.5) is 23.1 Å². The van der Waals surface area contributed by atoms with Gasteiger partial charge in [-0.25, -0.2) is 4.98 Å². The number of nitrogen functional groups attached to an aromatic ring is 1. The Bertz CT molecular complexity index is 791. The number of rotatable bonds is 3. The molecule has 0 atom stereocenters. The summed E-state index contributed by atoms with van der Waals surface area (Å²) in [6.45, 7) is 2.08. The molecule has 0 saturated carbocycles. The van der Waals surface area contributed by atoms with Crippen molar-refractivity contribution in [1.29, 1.82) is 0 Å². The first-order valence-corrected chi connectivity index (χ1v) is 6.56. The van der Waals surface area contributed by atoms with Gasteiger partial charge in [0, 0.05) is 25.5 Å². The van der Waals surface area contributed by atoms with Crippen LogP contribution in [0.2, 0.25) is 0 Å². The lowest BCUT2D eigenvalue weighted by Crippen LogP contribution is -2.10. The van der Waals surface area contributed by atoms with Crippen molar-refractivity contribution in [3.63, 3.8) is 0 Å². The van der Waals surface area contributed by atoms with Gasteiger partial charge in [0.05, 0.1) is 6.33 Å². The molecule has 21 heavy (non-hydrogen) atoms. The van der Waals surface area contributed by atoms with Crippen LogP contribution in [0.15, 0.2) is 24.5 Å². The molecule has 0 aliphatic rings. The van der Waals surface area contributed by atoms with Crippen molar-refractivity contribution in [1.82, 2.24) is 19.9 Å². The summed E-state index contributed by atoms with van der Waals surface area (Å²) in [7, 11) is 4.03. The van der Waals surface area contributed by atoms with Gasteiger partial charge in [-0.05, 0) is 24.6 Å².